The first kappa shape index (κ1) is 16.4. The van der Waals surface area contributed by atoms with Gasteiger partial charge in [0.05, 0.1) is 19.8 Å². The van der Waals surface area contributed by atoms with Crippen LogP contribution in [0.4, 0.5) is 0 Å². The molecule has 1 saturated heterocycles. The lowest BCUT2D eigenvalue weighted by molar-refractivity contribution is 0.0897. The molecule has 0 saturated carbocycles. The normalized spacial score (nSPS) is 19.5. The molecule has 0 spiro atoms. The zero-order valence-corrected chi connectivity index (χ0v) is 13.5. The Morgan fingerprint density at radius 2 is 2.29 bits per heavy atom. The van der Waals surface area contributed by atoms with Crippen LogP contribution in [-0.4, -0.2) is 32.5 Å². The van der Waals surface area contributed by atoms with Crippen LogP contribution >= 0.6 is 11.6 Å². The summed E-state index contributed by atoms with van der Waals surface area (Å²) in [6.07, 6.45) is 4.18. The molecule has 0 bridgehead atoms. The first-order chi connectivity index (χ1) is 10.1. The van der Waals surface area contributed by atoms with E-state index in [4.69, 9.17) is 31.5 Å². The number of hydrogen-bond acceptors (Lipinski definition) is 4. The van der Waals surface area contributed by atoms with Crippen molar-refractivity contribution in [3.63, 3.8) is 0 Å². The van der Waals surface area contributed by atoms with Crippen molar-refractivity contribution in [2.24, 2.45) is 5.73 Å². The van der Waals surface area contributed by atoms with Crippen molar-refractivity contribution in [2.45, 2.75) is 44.8 Å². The molecule has 5 heteroatoms. The van der Waals surface area contributed by atoms with Crippen molar-refractivity contribution in [3.05, 3.63) is 22.7 Å². The molecule has 118 valence electrons. The van der Waals surface area contributed by atoms with Crippen molar-refractivity contribution in [2.75, 3.05) is 20.3 Å². The standard InChI is InChI=1S/C16H24ClNO3/c1-11(18)8-12-9-13(17)10-15(19-2)16(12)21-7-5-14-4-3-6-20-14/h9-11,14H,3-8,18H2,1-2H3. The minimum absolute atomic E-state index is 0.0358. The van der Waals surface area contributed by atoms with E-state index in [0.29, 0.717) is 29.9 Å². The van der Waals surface area contributed by atoms with E-state index in [1.807, 2.05) is 13.0 Å². The van der Waals surface area contributed by atoms with Gasteiger partial charge in [-0.2, -0.15) is 0 Å². The predicted octanol–water partition coefficient (Wildman–Crippen LogP) is 3.19. The van der Waals surface area contributed by atoms with Gasteiger partial charge in [-0.3, -0.25) is 0 Å². The van der Waals surface area contributed by atoms with E-state index in [1.165, 1.54) is 0 Å². The number of hydrogen-bond donors (Lipinski definition) is 1. The third kappa shape index (κ3) is 4.77. The minimum Gasteiger partial charge on any atom is -0.493 e. The molecule has 4 nitrogen and oxygen atoms in total. The Morgan fingerprint density at radius 3 is 2.90 bits per heavy atom. The SMILES string of the molecule is COc1cc(Cl)cc(CC(C)N)c1OCCC1CCCO1. The molecule has 1 heterocycles. The molecular formula is C16H24ClNO3. The first-order valence-corrected chi connectivity index (χ1v) is 7.84. The monoisotopic (exact) mass is 313 g/mol. The second kappa shape index (κ2) is 7.87. The molecule has 1 aromatic carbocycles. The zero-order valence-electron chi connectivity index (χ0n) is 12.7. The maximum Gasteiger partial charge on any atom is 0.164 e. The topological polar surface area (TPSA) is 53.7 Å². The van der Waals surface area contributed by atoms with Gasteiger partial charge in [-0.15, -0.1) is 0 Å². The molecule has 2 rings (SSSR count). The second-order valence-corrected chi connectivity index (χ2v) is 5.99. The third-order valence-corrected chi connectivity index (χ3v) is 3.79. The van der Waals surface area contributed by atoms with Gasteiger partial charge in [0.2, 0.25) is 0 Å². The molecule has 21 heavy (non-hydrogen) atoms. The fourth-order valence-corrected chi connectivity index (χ4v) is 2.83. The highest BCUT2D eigenvalue weighted by molar-refractivity contribution is 6.30. The lowest BCUT2D eigenvalue weighted by Gasteiger charge is -2.18. The van der Waals surface area contributed by atoms with Crippen molar-refractivity contribution in [3.8, 4) is 11.5 Å². The van der Waals surface area contributed by atoms with E-state index in [9.17, 15) is 0 Å². The Balaban J connectivity index is 2.06. The number of rotatable bonds is 7. The fraction of sp³-hybridized carbons (Fsp3) is 0.625. The van der Waals surface area contributed by atoms with Gasteiger partial charge in [-0.05, 0) is 32.3 Å². The van der Waals surface area contributed by atoms with Gasteiger partial charge in [-0.1, -0.05) is 11.6 Å². The van der Waals surface area contributed by atoms with E-state index >= 15 is 0 Å². The summed E-state index contributed by atoms with van der Waals surface area (Å²) in [7, 11) is 1.62. The van der Waals surface area contributed by atoms with E-state index in [0.717, 1.165) is 37.2 Å². The van der Waals surface area contributed by atoms with Crippen LogP contribution in [0.25, 0.3) is 0 Å². The number of halogens is 1. The van der Waals surface area contributed by atoms with Gasteiger partial charge in [0.25, 0.3) is 0 Å². The van der Waals surface area contributed by atoms with Gasteiger partial charge in [0.15, 0.2) is 11.5 Å². The van der Waals surface area contributed by atoms with Gasteiger partial charge in [0.1, 0.15) is 0 Å². The van der Waals surface area contributed by atoms with Crippen LogP contribution in [0.2, 0.25) is 5.02 Å². The van der Waals surface area contributed by atoms with Crippen LogP contribution in [0, 0.1) is 0 Å². The summed E-state index contributed by atoms with van der Waals surface area (Å²) >= 11 is 6.13. The average Bonchev–Trinajstić information content (AvgIpc) is 2.93. The summed E-state index contributed by atoms with van der Waals surface area (Å²) in [4.78, 5) is 0. The largest absolute Gasteiger partial charge is 0.493 e. The van der Waals surface area contributed by atoms with Gasteiger partial charge >= 0.3 is 0 Å². The summed E-state index contributed by atoms with van der Waals surface area (Å²) in [5, 5.41) is 0.633. The van der Waals surface area contributed by atoms with Crippen LogP contribution in [-0.2, 0) is 11.2 Å². The first-order valence-electron chi connectivity index (χ1n) is 7.46. The summed E-state index contributed by atoms with van der Waals surface area (Å²) in [5.74, 6) is 1.41. The molecule has 0 aliphatic carbocycles. The fourth-order valence-electron chi connectivity index (χ4n) is 2.60. The quantitative estimate of drug-likeness (QED) is 0.840. The number of ether oxygens (including phenoxy) is 3. The average molecular weight is 314 g/mol. The third-order valence-electron chi connectivity index (χ3n) is 3.57. The van der Waals surface area contributed by atoms with Gasteiger partial charge in [0, 0.05) is 35.7 Å². The Bertz CT molecular complexity index is 459. The summed E-state index contributed by atoms with van der Waals surface area (Å²) in [6, 6.07) is 3.70. The molecule has 0 aromatic heterocycles. The Kier molecular flexibility index (Phi) is 6.15. The van der Waals surface area contributed by atoms with E-state index < -0.39 is 0 Å². The Morgan fingerprint density at radius 1 is 1.48 bits per heavy atom. The smallest absolute Gasteiger partial charge is 0.164 e. The van der Waals surface area contributed by atoms with Crippen LogP contribution in [0.3, 0.4) is 0 Å². The maximum absolute atomic E-state index is 6.13. The van der Waals surface area contributed by atoms with Crippen LogP contribution in [0.15, 0.2) is 12.1 Å². The molecule has 1 aliphatic heterocycles. The van der Waals surface area contributed by atoms with Crippen molar-refractivity contribution >= 4 is 11.6 Å². The molecule has 0 amide bonds. The van der Waals surface area contributed by atoms with E-state index in [1.54, 1.807) is 13.2 Å². The summed E-state index contributed by atoms with van der Waals surface area (Å²) in [6.45, 7) is 3.43. The molecule has 1 fully saturated rings. The number of nitrogens with two attached hydrogens (primary N) is 1. The molecule has 2 atom stereocenters. The van der Waals surface area contributed by atoms with Crippen molar-refractivity contribution in [1.82, 2.24) is 0 Å². The Hall–Kier alpha value is -0.970. The number of benzene rings is 1. The minimum atomic E-state index is 0.0358. The molecule has 1 aliphatic rings. The Labute approximate surface area is 131 Å². The number of methoxy groups -OCH3 is 1. The molecule has 2 unspecified atom stereocenters. The summed E-state index contributed by atoms with van der Waals surface area (Å²) < 4.78 is 17.0. The van der Waals surface area contributed by atoms with Crippen molar-refractivity contribution < 1.29 is 14.2 Å². The van der Waals surface area contributed by atoms with Gasteiger partial charge < -0.3 is 19.9 Å². The lowest BCUT2D eigenvalue weighted by Crippen LogP contribution is -2.19. The highest BCUT2D eigenvalue weighted by atomic mass is 35.5. The maximum atomic E-state index is 6.13. The molecular weight excluding hydrogens is 290 g/mol. The highest BCUT2D eigenvalue weighted by Gasteiger charge is 2.18. The summed E-state index contributed by atoms with van der Waals surface area (Å²) in [5.41, 5.74) is 6.89. The molecule has 2 N–H and O–H groups in total. The molecule has 1 aromatic rings. The highest BCUT2D eigenvalue weighted by Crippen LogP contribution is 2.35. The van der Waals surface area contributed by atoms with E-state index in [2.05, 4.69) is 0 Å². The van der Waals surface area contributed by atoms with E-state index in [-0.39, 0.29) is 6.04 Å². The zero-order chi connectivity index (χ0) is 15.2. The predicted molar refractivity (Wildman–Crippen MR) is 84.4 cm³/mol. The van der Waals surface area contributed by atoms with Crippen LogP contribution in [0.5, 0.6) is 11.5 Å². The van der Waals surface area contributed by atoms with Crippen LogP contribution < -0.4 is 15.2 Å². The van der Waals surface area contributed by atoms with Crippen molar-refractivity contribution in [1.29, 1.82) is 0 Å². The second-order valence-electron chi connectivity index (χ2n) is 5.55. The van der Waals surface area contributed by atoms with Crippen LogP contribution in [0.1, 0.15) is 31.7 Å². The molecule has 0 radical (unpaired) electrons. The lowest BCUT2D eigenvalue weighted by atomic mass is 10.1. The van der Waals surface area contributed by atoms with Gasteiger partial charge in [-0.25, -0.2) is 0 Å².